The molecule has 2 aromatic rings. The highest BCUT2D eigenvalue weighted by Crippen LogP contribution is 2.31. The summed E-state index contributed by atoms with van der Waals surface area (Å²) in [5, 5.41) is 14.8. The third-order valence-electron chi connectivity index (χ3n) is 5.15. The van der Waals surface area contributed by atoms with Gasteiger partial charge in [-0.2, -0.15) is 28.4 Å². The molecule has 0 fully saturated rings. The Bertz CT molecular complexity index is 1210. The Morgan fingerprint density at radius 1 is 1.23 bits per heavy atom. The van der Waals surface area contributed by atoms with Crippen molar-refractivity contribution in [2.45, 2.75) is 65.8 Å². The quantitative estimate of drug-likeness (QED) is 0.345. The van der Waals surface area contributed by atoms with Crippen molar-refractivity contribution < 1.29 is 32.2 Å². The van der Waals surface area contributed by atoms with Crippen LogP contribution in [-0.4, -0.2) is 53.8 Å². The Morgan fingerprint density at radius 3 is 2.48 bits per heavy atom. The van der Waals surface area contributed by atoms with Crippen molar-refractivity contribution >= 4 is 29.5 Å². The van der Waals surface area contributed by atoms with Gasteiger partial charge in [-0.05, 0) is 58.7 Å². The summed E-state index contributed by atoms with van der Waals surface area (Å²) in [5.74, 6) is -0.952. The van der Waals surface area contributed by atoms with Gasteiger partial charge in [-0.1, -0.05) is 13.5 Å². The van der Waals surface area contributed by atoms with Gasteiger partial charge in [0.2, 0.25) is 17.7 Å². The molecule has 40 heavy (non-hydrogen) atoms. The molecule has 1 aromatic heterocycles. The number of ether oxygens (including phenoxy) is 2. The average Bonchev–Trinajstić information content (AvgIpc) is 2.82. The molecular weight excluding hydrogens is 531 g/mol. The number of likely N-dealkylation sites (N-methyl/N-ethyl adjacent to an activating group) is 1. The minimum Gasteiger partial charge on any atom is -0.477 e. The Balaban J connectivity index is 0.00000800. The monoisotopic (exact) mass is 567 g/mol. The molecule has 0 unspecified atom stereocenters. The van der Waals surface area contributed by atoms with Crippen molar-refractivity contribution in [3.05, 3.63) is 35.4 Å². The lowest BCUT2D eigenvalue weighted by Crippen LogP contribution is -2.43. The number of hydrogen-bond donors (Lipinski definition) is 3. The van der Waals surface area contributed by atoms with E-state index in [9.17, 15) is 28.0 Å². The van der Waals surface area contributed by atoms with Gasteiger partial charge in [-0.25, -0.2) is 4.79 Å². The van der Waals surface area contributed by atoms with E-state index in [1.807, 2.05) is 6.07 Å². The predicted molar refractivity (Wildman–Crippen MR) is 145 cm³/mol. The van der Waals surface area contributed by atoms with Crippen molar-refractivity contribution in [2.24, 2.45) is 0 Å². The minimum absolute atomic E-state index is 0. The lowest BCUT2D eigenvalue weighted by atomic mass is 10.1. The van der Waals surface area contributed by atoms with Crippen LogP contribution >= 0.6 is 0 Å². The average molecular weight is 568 g/mol. The second-order valence-corrected chi connectivity index (χ2v) is 9.40. The van der Waals surface area contributed by atoms with Crippen LogP contribution < -0.4 is 26.0 Å². The SMILES string of the molecule is C.CCOc1nc(N)nc(N(C)[C@@H](CCCNC(=O)OC(C)(C)C)C(=O)Nc2cccc(C(F)(F)F)c2)c1C#N. The number of carbonyl (C=O) groups is 2. The Morgan fingerprint density at radius 2 is 1.90 bits per heavy atom. The third-order valence-corrected chi connectivity index (χ3v) is 5.15. The number of halogens is 3. The fourth-order valence-electron chi connectivity index (χ4n) is 3.49. The van der Waals surface area contributed by atoms with Crippen LogP contribution in [0.4, 0.5) is 35.4 Å². The van der Waals surface area contributed by atoms with Crippen LogP contribution in [-0.2, 0) is 15.7 Å². The summed E-state index contributed by atoms with van der Waals surface area (Å²) in [6, 6.07) is 5.11. The highest BCUT2D eigenvalue weighted by molar-refractivity contribution is 5.97. The molecule has 0 aliphatic carbocycles. The minimum atomic E-state index is -4.60. The Kier molecular flexibility index (Phi) is 12.0. The number of aromatic nitrogens is 2. The first-order chi connectivity index (χ1) is 18.2. The van der Waals surface area contributed by atoms with E-state index < -0.39 is 35.4 Å². The van der Waals surface area contributed by atoms with E-state index in [0.717, 1.165) is 12.1 Å². The smallest absolute Gasteiger partial charge is 0.416 e. The lowest BCUT2D eigenvalue weighted by Gasteiger charge is -2.29. The van der Waals surface area contributed by atoms with Crippen LogP contribution in [0.25, 0.3) is 0 Å². The first kappa shape index (κ1) is 33.7. The molecule has 0 saturated heterocycles. The first-order valence-electron chi connectivity index (χ1n) is 12.0. The lowest BCUT2D eigenvalue weighted by molar-refractivity contribution is -0.137. The van der Waals surface area contributed by atoms with E-state index in [0.29, 0.717) is 0 Å². The normalized spacial score (nSPS) is 11.9. The van der Waals surface area contributed by atoms with Crippen molar-refractivity contribution in [2.75, 3.05) is 36.1 Å². The van der Waals surface area contributed by atoms with Crippen LogP contribution in [0.15, 0.2) is 24.3 Å². The molecule has 0 aliphatic heterocycles. The fourth-order valence-corrected chi connectivity index (χ4v) is 3.49. The van der Waals surface area contributed by atoms with E-state index in [-0.39, 0.29) is 62.3 Å². The van der Waals surface area contributed by atoms with Gasteiger partial charge in [0, 0.05) is 19.3 Å². The molecule has 4 N–H and O–H groups in total. The molecule has 220 valence electrons. The number of nitrogens with one attached hydrogen (secondary N) is 2. The van der Waals surface area contributed by atoms with Crippen molar-refractivity contribution in [1.82, 2.24) is 15.3 Å². The van der Waals surface area contributed by atoms with Gasteiger partial charge < -0.3 is 30.7 Å². The molecule has 1 aromatic carbocycles. The van der Waals surface area contributed by atoms with Crippen molar-refractivity contribution in [1.29, 1.82) is 5.26 Å². The van der Waals surface area contributed by atoms with Crippen LogP contribution in [0, 0.1) is 11.3 Å². The maximum atomic E-state index is 13.4. The second-order valence-electron chi connectivity index (χ2n) is 9.40. The summed E-state index contributed by atoms with van der Waals surface area (Å²) < 4.78 is 50.1. The van der Waals surface area contributed by atoms with Gasteiger partial charge in [0.05, 0.1) is 12.2 Å². The summed E-state index contributed by atoms with van der Waals surface area (Å²) in [5.41, 5.74) is 4.04. The molecule has 2 amide bonds. The number of benzene rings is 1. The number of alkyl carbamates (subject to hydrolysis) is 1. The second kappa shape index (κ2) is 14.2. The summed E-state index contributed by atoms with van der Waals surface area (Å²) in [7, 11) is 1.48. The number of hydrogen-bond acceptors (Lipinski definition) is 9. The molecular formula is C26H36F3N7O4. The standard InChI is InChI=1S/C25H32F3N7O4.CH4/c1-6-38-21-17(14-29)19(33-22(30)34-21)35(5)18(11-8-12-31-23(37)39-24(2,3)4)20(36)32-16-10-7-9-15(13-16)25(26,27)28;/h7,9-10,13,18H,6,8,11-12H2,1-5H3,(H,31,37)(H,32,36)(H2,30,33,34);1H4/t18-;/m0./s1. The maximum Gasteiger partial charge on any atom is 0.416 e. The third kappa shape index (κ3) is 9.79. The van der Waals surface area contributed by atoms with E-state index in [2.05, 4.69) is 20.6 Å². The molecule has 1 atom stereocenters. The zero-order valence-electron chi connectivity index (χ0n) is 22.3. The van der Waals surface area contributed by atoms with Crippen LogP contribution in [0.5, 0.6) is 5.88 Å². The molecule has 14 heteroatoms. The number of nitrogens with two attached hydrogens (primary N) is 1. The number of alkyl halides is 3. The van der Waals surface area contributed by atoms with Gasteiger partial charge in [-0.3, -0.25) is 4.79 Å². The Hall–Kier alpha value is -4.28. The molecule has 1 heterocycles. The highest BCUT2D eigenvalue weighted by atomic mass is 19.4. The number of nitrogens with zero attached hydrogens (tertiary/aromatic N) is 4. The largest absolute Gasteiger partial charge is 0.477 e. The molecule has 0 saturated carbocycles. The topological polar surface area (TPSA) is 155 Å². The zero-order valence-corrected chi connectivity index (χ0v) is 22.3. The summed E-state index contributed by atoms with van der Waals surface area (Å²) >= 11 is 0. The van der Waals surface area contributed by atoms with Crippen molar-refractivity contribution in [3.63, 3.8) is 0 Å². The van der Waals surface area contributed by atoms with E-state index >= 15 is 0 Å². The van der Waals surface area contributed by atoms with Gasteiger partial charge in [0.15, 0.2) is 11.4 Å². The molecule has 0 bridgehead atoms. The van der Waals surface area contributed by atoms with Crippen LogP contribution in [0.2, 0.25) is 0 Å². The number of carbonyl (C=O) groups excluding carboxylic acids is 2. The van der Waals surface area contributed by atoms with E-state index in [1.165, 1.54) is 24.1 Å². The Labute approximate surface area is 231 Å². The summed E-state index contributed by atoms with van der Waals surface area (Å²) in [4.78, 5) is 34.8. The number of nitriles is 1. The van der Waals surface area contributed by atoms with Gasteiger partial charge in [0.25, 0.3) is 0 Å². The predicted octanol–water partition coefficient (Wildman–Crippen LogP) is 4.73. The van der Waals surface area contributed by atoms with Gasteiger partial charge >= 0.3 is 12.3 Å². The van der Waals surface area contributed by atoms with E-state index in [1.54, 1.807) is 27.7 Å². The molecule has 0 radical (unpaired) electrons. The zero-order chi connectivity index (χ0) is 29.4. The number of amides is 2. The van der Waals surface area contributed by atoms with E-state index in [4.69, 9.17) is 15.2 Å². The summed E-state index contributed by atoms with van der Waals surface area (Å²) in [6.45, 7) is 7.15. The maximum absolute atomic E-state index is 13.4. The molecule has 11 nitrogen and oxygen atoms in total. The van der Waals surface area contributed by atoms with Crippen molar-refractivity contribution in [3.8, 4) is 11.9 Å². The number of rotatable bonds is 10. The number of nitrogen functional groups attached to an aromatic ring is 1. The fraction of sp³-hybridized carbons (Fsp3) is 0.500. The van der Waals surface area contributed by atoms with Crippen LogP contribution in [0.3, 0.4) is 0 Å². The summed E-state index contributed by atoms with van der Waals surface area (Å²) in [6.07, 6.45) is -4.86. The van der Waals surface area contributed by atoms with Crippen LogP contribution in [0.1, 0.15) is 59.1 Å². The first-order valence-corrected chi connectivity index (χ1v) is 12.0. The highest BCUT2D eigenvalue weighted by Gasteiger charge is 2.32. The molecule has 2 rings (SSSR count). The molecule has 0 spiro atoms. The van der Waals surface area contributed by atoms with Gasteiger partial charge in [0.1, 0.15) is 17.7 Å². The number of anilines is 3. The molecule has 0 aliphatic rings. The van der Waals surface area contributed by atoms with Gasteiger partial charge in [-0.15, -0.1) is 0 Å².